The van der Waals surface area contributed by atoms with Gasteiger partial charge < -0.3 is 10.8 Å². The zero-order chi connectivity index (χ0) is 10.9. The molecule has 0 saturated carbocycles. The Labute approximate surface area is 89.7 Å². The molecule has 3 heteroatoms. The van der Waals surface area contributed by atoms with Crippen LogP contribution in [0, 0.1) is 5.41 Å². The molecule has 0 aromatic heterocycles. The van der Waals surface area contributed by atoms with Crippen LogP contribution >= 0.6 is 11.6 Å². The molecule has 1 unspecified atom stereocenters. The average Bonchev–Trinajstić information content (AvgIpc) is 2.07. The number of anilines is 1. The highest BCUT2D eigenvalue weighted by atomic mass is 35.5. The number of benzene rings is 1. The molecule has 0 radical (unpaired) electrons. The topological polar surface area (TPSA) is 46.2 Å². The molecule has 14 heavy (non-hydrogen) atoms. The Balaban J connectivity index is 3.14. The van der Waals surface area contributed by atoms with Gasteiger partial charge in [0.25, 0.3) is 0 Å². The molecule has 0 saturated heterocycles. The second-order valence-corrected chi connectivity index (χ2v) is 4.92. The molecule has 0 aliphatic carbocycles. The molecule has 2 nitrogen and oxygen atoms in total. The van der Waals surface area contributed by atoms with E-state index in [0.717, 1.165) is 0 Å². The van der Waals surface area contributed by atoms with Crippen molar-refractivity contribution >= 4 is 17.3 Å². The first-order valence-electron chi connectivity index (χ1n) is 4.56. The van der Waals surface area contributed by atoms with Gasteiger partial charge in [-0.2, -0.15) is 0 Å². The van der Waals surface area contributed by atoms with Gasteiger partial charge in [-0.1, -0.05) is 44.5 Å². The van der Waals surface area contributed by atoms with Gasteiger partial charge >= 0.3 is 0 Å². The lowest BCUT2D eigenvalue weighted by Gasteiger charge is -2.27. The van der Waals surface area contributed by atoms with Crippen LogP contribution in [0.2, 0.25) is 5.02 Å². The minimum Gasteiger partial charge on any atom is -0.397 e. The third-order valence-electron chi connectivity index (χ3n) is 2.20. The Morgan fingerprint density at radius 1 is 1.36 bits per heavy atom. The van der Waals surface area contributed by atoms with Crippen molar-refractivity contribution in [1.29, 1.82) is 0 Å². The highest BCUT2D eigenvalue weighted by Crippen LogP contribution is 2.37. The van der Waals surface area contributed by atoms with Crippen molar-refractivity contribution in [3.05, 3.63) is 28.8 Å². The summed E-state index contributed by atoms with van der Waals surface area (Å²) < 4.78 is 0. The molecule has 0 amide bonds. The normalized spacial score (nSPS) is 14.1. The van der Waals surface area contributed by atoms with Gasteiger partial charge in [0.05, 0.1) is 16.8 Å². The summed E-state index contributed by atoms with van der Waals surface area (Å²) in [6, 6.07) is 5.32. The smallest absolute Gasteiger partial charge is 0.0858 e. The molecule has 0 aliphatic rings. The van der Waals surface area contributed by atoms with E-state index < -0.39 is 6.10 Å². The van der Waals surface area contributed by atoms with Gasteiger partial charge in [0.1, 0.15) is 0 Å². The molecular formula is C11H16ClNO. The highest BCUT2D eigenvalue weighted by Gasteiger charge is 2.25. The van der Waals surface area contributed by atoms with Crippen LogP contribution in [-0.2, 0) is 0 Å². The monoisotopic (exact) mass is 213 g/mol. The van der Waals surface area contributed by atoms with E-state index in [1.54, 1.807) is 18.2 Å². The lowest BCUT2D eigenvalue weighted by Crippen LogP contribution is -2.19. The van der Waals surface area contributed by atoms with E-state index in [-0.39, 0.29) is 5.41 Å². The van der Waals surface area contributed by atoms with Gasteiger partial charge in [0.15, 0.2) is 0 Å². The molecule has 3 N–H and O–H groups in total. The predicted molar refractivity (Wildman–Crippen MR) is 60.3 cm³/mol. The summed E-state index contributed by atoms with van der Waals surface area (Å²) in [4.78, 5) is 0. The Morgan fingerprint density at radius 2 is 1.93 bits per heavy atom. The molecule has 78 valence electrons. The summed E-state index contributed by atoms with van der Waals surface area (Å²) in [5.74, 6) is 0. The number of para-hydroxylation sites is 1. The Bertz CT molecular complexity index is 331. The zero-order valence-corrected chi connectivity index (χ0v) is 9.47. The third kappa shape index (κ3) is 2.20. The van der Waals surface area contributed by atoms with Gasteiger partial charge in [-0.15, -0.1) is 0 Å². The van der Waals surface area contributed by atoms with Gasteiger partial charge in [-0.05, 0) is 11.5 Å². The van der Waals surface area contributed by atoms with E-state index in [9.17, 15) is 5.11 Å². The fourth-order valence-electron chi connectivity index (χ4n) is 1.26. The highest BCUT2D eigenvalue weighted by molar-refractivity contribution is 6.33. The van der Waals surface area contributed by atoms with Crippen LogP contribution in [0.1, 0.15) is 32.4 Å². The molecule has 0 heterocycles. The lowest BCUT2D eigenvalue weighted by atomic mass is 9.84. The van der Waals surface area contributed by atoms with Gasteiger partial charge in [0, 0.05) is 5.56 Å². The predicted octanol–water partition coefficient (Wildman–Crippen LogP) is 3.00. The van der Waals surface area contributed by atoms with Gasteiger partial charge in [-0.3, -0.25) is 0 Å². The van der Waals surface area contributed by atoms with Gasteiger partial charge in [0.2, 0.25) is 0 Å². The molecular weight excluding hydrogens is 198 g/mol. The largest absolute Gasteiger partial charge is 0.397 e. The lowest BCUT2D eigenvalue weighted by molar-refractivity contribution is 0.0633. The van der Waals surface area contributed by atoms with Crippen molar-refractivity contribution in [3.8, 4) is 0 Å². The summed E-state index contributed by atoms with van der Waals surface area (Å²) >= 11 is 5.87. The number of hydrogen-bond donors (Lipinski definition) is 2. The molecule has 0 bridgehead atoms. The van der Waals surface area contributed by atoms with Crippen LogP contribution in [-0.4, -0.2) is 5.11 Å². The number of nitrogens with two attached hydrogens (primary N) is 1. The van der Waals surface area contributed by atoms with E-state index in [0.29, 0.717) is 16.3 Å². The van der Waals surface area contributed by atoms with Crippen molar-refractivity contribution in [1.82, 2.24) is 0 Å². The molecule has 1 atom stereocenters. The van der Waals surface area contributed by atoms with E-state index in [1.807, 2.05) is 20.8 Å². The minimum absolute atomic E-state index is 0.237. The second-order valence-electron chi connectivity index (χ2n) is 4.51. The second kappa shape index (κ2) is 3.79. The van der Waals surface area contributed by atoms with Crippen molar-refractivity contribution in [2.75, 3.05) is 5.73 Å². The van der Waals surface area contributed by atoms with Crippen LogP contribution in [0.4, 0.5) is 5.69 Å². The summed E-state index contributed by atoms with van der Waals surface area (Å²) in [7, 11) is 0. The quantitative estimate of drug-likeness (QED) is 0.705. The first kappa shape index (κ1) is 11.3. The van der Waals surface area contributed by atoms with Crippen molar-refractivity contribution in [2.24, 2.45) is 5.41 Å². The number of aliphatic hydroxyl groups excluding tert-OH is 1. The standard InChI is InChI=1S/C11H16ClNO/c1-11(2,3)10(14)7-5-4-6-8(12)9(7)13/h4-6,10,14H,13H2,1-3H3. The molecule has 1 rings (SSSR count). The van der Waals surface area contributed by atoms with Crippen LogP contribution in [0.15, 0.2) is 18.2 Å². The van der Waals surface area contributed by atoms with Crippen LogP contribution in [0.25, 0.3) is 0 Å². The zero-order valence-electron chi connectivity index (χ0n) is 8.71. The Hall–Kier alpha value is -0.730. The Morgan fingerprint density at radius 3 is 2.43 bits per heavy atom. The van der Waals surface area contributed by atoms with Crippen LogP contribution in [0.3, 0.4) is 0 Å². The van der Waals surface area contributed by atoms with Crippen molar-refractivity contribution in [2.45, 2.75) is 26.9 Å². The number of aliphatic hydroxyl groups is 1. The summed E-state index contributed by atoms with van der Waals surface area (Å²) in [5.41, 5.74) is 6.72. The Kier molecular flexibility index (Phi) is 3.07. The number of rotatable bonds is 1. The first-order chi connectivity index (χ1) is 6.34. The third-order valence-corrected chi connectivity index (χ3v) is 2.53. The summed E-state index contributed by atoms with van der Waals surface area (Å²) in [6.45, 7) is 5.87. The summed E-state index contributed by atoms with van der Waals surface area (Å²) in [6.07, 6.45) is -0.596. The number of nitrogen functional groups attached to an aromatic ring is 1. The maximum absolute atomic E-state index is 10.0. The number of halogens is 1. The molecule has 0 fully saturated rings. The van der Waals surface area contributed by atoms with E-state index in [1.165, 1.54) is 0 Å². The van der Waals surface area contributed by atoms with E-state index in [2.05, 4.69) is 0 Å². The van der Waals surface area contributed by atoms with Crippen molar-refractivity contribution < 1.29 is 5.11 Å². The number of hydrogen-bond acceptors (Lipinski definition) is 2. The van der Waals surface area contributed by atoms with Crippen LogP contribution < -0.4 is 5.73 Å². The molecule has 1 aromatic rings. The summed E-state index contributed by atoms with van der Waals surface area (Å²) in [5, 5.41) is 10.5. The van der Waals surface area contributed by atoms with E-state index >= 15 is 0 Å². The average molecular weight is 214 g/mol. The minimum atomic E-state index is -0.596. The van der Waals surface area contributed by atoms with Gasteiger partial charge in [-0.25, -0.2) is 0 Å². The maximum Gasteiger partial charge on any atom is 0.0858 e. The van der Waals surface area contributed by atoms with Crippen molar-refractivity contribution in [3.63, 3.8) is 0 Å². The molecule has 1 aromatic carbocycles. The molecule has 0 spiro atoms. The van der Waals surface area contributed by atoms with E-state index in [4.69, 9.17) is 17.3 Å². The maximum atomic E-state index is 10.0. The molecule has 0 aliphatic heterocycles. The first-order valence-corrected chi connectivity index (χ1v) is 4.94. The fraction of sp³-hybridized carbons (Fsp3) is 0.455. The SMILES string of the molecule is CC(C)(C)C(O)c1cccc(Cl)c1N. The van der Waals surface area contributed by atoms with Crippen LogP contribution in [0.5, 0.6) is 0 Å². The fourth-order valence-corrected chi connectivity index (χ4v) is 1.44.